The molecule has 0 fully saturated rings. The maximum atomic E-state index is 12.6. The minimum absolute atomic E-state index is 0. The van der Waals surface area contributed by atoms with Crippen LogP contribution in [0.15, 0.2) is 56.0 Å². The number of benzene rings is 2. The van der Waals surface area contributed by atoms with E-state index in [-0.39, 0.29) is 73.9 Å². The first kappa shape index (κ1) is 28.1. The first-order chi connectivity index (χ1) is 11.6. The van der Waals surface area contributed by atoms with Crippen molar-refractivity contribution in [2.75, 3.05) is 0 Å². The van der Waals surface area contributed by atoms with E-state index in [1.807, 2.05) is 0 Å². The Morgan fingerprint density at radius 2 is 1.41 bits per heavy atom. The van der Waals surface area contributed by atoms with E-state index in [4.69, 9.17) is 23.2 Å². The number of sulfone groups is 1. The van der Waals surface area contributed by atoms with Crippen LogP contribution >= 0.6 is 35.2 Å². The zero-order valence-electron chi connectivity index (χ0n) is 13.7. The second-order valence-electron chi connectivity index (χ2n) is 4.36. The molecule has 0 saturated carbocycles. The molecule has 0 heterocycles. The Hall–Kier alpha value is 1.11. The van der Waals surface area contributed by atoms with Gasteiger partial charge in [-0.25, -0.2) is 16.8 Å². The number of rotatable bonds is 6. The number of hydrogen-bond acceptors (Lipinski definition) is 9. The fourth-order valence-electron chi connectivity index (χ4n) is 1.74. The topological polar surface area (TPSA) is 133 Å². The van der Waals surface area contributed by atoms with E-state index in [2.05, 4.69) is 9.37 Å². The van der Waals surface area contributed by atoms with Crippen molar-refractivity contribution in [1.82, 2.24) is 0 Å². The maximum absolute atomic E-state index is 12.6. The van der Waals surface area contributed by atoms with Gasteiger partial charge in [0.1, 0.15) is 10.1 Å². The summed E-state index contributed by atoms with van der Waals surface area (Å²) >= 11 is 11.9. The Morgan fingerprint density at radius 3 is 1.93 bits per heavy atom. The van der Waals surface area contributed by atoms with Gasteiger partial charge in [0.15, 0.2) is 0 Å². The molecule has 0 aliphatic heterocycles. The first-order valence-corrected chi connectivity index (χ1v) is 10.4. The largest absolute Gasteiger partial charge is 1.00 e. The predicted octanol–water partition coefficient (Wildman–Crippen LogP) is -4.03. The summed E-state index contributed by atoms with van der Waals surface area (Å²) in [4.78, 5) is -1.55. The van der Waals surface area contributed by atoms with Crippen molar-refractivity contribution in [1.29, 1.82) is 0 Å². The number of halogens is 2. The van der Waals surface area contributed by atoms with Crippen molar-refractivity contribution in [3.8, 4) is 0 Å². The van der Waals surface area contributed by atoms with E-state index in [0.717, 1.165) is 24.3 Å². The zero-order valence-corrected chi connectivity index (χ0v) is 21.7. The van der Waals surface area contributed by atoms with Gasteiger partial charge in [-0.15, -0.1) is 0 Å². The summed E-state index contributed by atoms with van der Waals surface area (Å²) in [5.74, 6) is 0. The summed E-state index contributed by atoms with van der Waals surface area (Å²) in [5.41, 5.74) is 0. The van der Waals surface area contributed by atoms with Crippen molar-refractivity contribution in [2.45, 2.75) is 19.6 Å². The van der Waals surface area contributed by atoms with E-state index < -0.39 is 34.8 Å². The van der Waals surface area contributed by atoms with Crippen LogP contribution in [0.2, 0.25) is 10.0 Å². The van der Waals surface area contributed by atoms with Crippen LogP contribution in [0.25, 0.3) is 0 Å². The third-order valence-electron chi connectivity index (χ3n) is 2.85. The molecule has 0 unspecified atom stereocenters. The van der Waals surface area contributed by atoms with Crippen LogP contribution in [0.1, 0.15) is 0 Å². The second kappa shape index (κ2) is 11.5. The van der Waals surface area contributed by atoms with Crippen molar-refractivity contribution in [3.63, 3.8) is 0 Å². The molecule has 15 heteroatoms. The molecule has 0 aliphatic carbocycles. The third-order valence-corrected chi connectivity index (χ3v) is 7.00. The minimum Gasteiger partial charge on any atom is -0.744 e. The van der Waals surface area contributed by atoms with Gasteiger partial charge in [0.05, 0.1) is 41.7 Å². The second-order valence-corrected chi connectivity index (χ2v) is 9.22. The summed E-state index contributed by atoms with van der Waals surface area (Å²) in [6, 6.07) is 6.16. The summed E-state index contributed by atoms with van der Waals surface area (Å²) in [6.07, 6.45) is 0. The molecule has 0 aliphatic rings. The summed E-state index contributed by atoms with van der Waals surface area (Å²) in [7, 11) is -9.18. The van der Waals surface area contributed by atoms with Gasteiger partial charge < -0.3 is 9.81 Å². The fourth-order valence-corrected chi connectivity index (χ4v) is 4.82. The van der Waals surface area contributed by atoms with Crippen molar-refractivity contribution in [2.24, 2.45) is 0 Å². The van der Waals surface area contributed by atoms with Gasteiger partial charge in [-0.05, 0) is 36.4 Å². The Bertz CT molecular complexity index is 1020. The van der Waals surface area contributed by atoms with Gasteiger partial charge in [-0.1, -0.05) is 23.2 Å². The van der Waals surface area contributed by atoms with Crippen molar-refractivity contribution in [3.05, 3.63) is 46.4 Å². The fraction of sp³-hybridized carbons (Fsp3) is 0. The molecule has 2 aromatic rings. The molecule has 0 radical (unpaired) electrons. The summed E-state index contributed by atoms with van der Waals surface area (Å²) in [5, 5.41) is 12.7. The molecule has 0 N–H and O–H groups in total. The van der Waals surface area contributed by atoms with E-state index in [9.17, 15) is 26.6 Å². The molecule has 0 saturated heterocycles. The normalized spacial score (nSPS) is 11.4. The van der Waals surface area contributed by atoms with Crippen molar-refractivity contribution < 1.29 is 95.1 Å². The van der Waals surface area contributed by atoms with Crippen molar-refractivity contribution >= 4 is 55.2 Å². The van der Waals surface area contributed by atoms with Crippen LogP contribution in [0.5, 0.6) is 0 Å². The van der Waals surface area contributed by atoms with E-state index in [1.165, 1.54) is 6.07 Å². The van der Waals surface area contributed by atoms with Crippen LogP contribution in [0, 0.1) is 0 Å². The standard InChI is InChI=1S/C12H8Cl2O8S3.2Na/c13-9-3-1-7(5-11(9)23-22-21-15)24(16,17)8-2-4-10(14)12(6-8)25(18,19)20;;/h1-6,15H,(H,18,19,20);;/q;2*+1/p-2. The van der Waals surface area contributed by atoms with E-state index in [1.54, 1.807) is 0 Å². The smallest absolute Gasteiger partial charge is 0.744 e. The molecule has 0 spiro atoms. The first-order valence-electron chi connectivity index (χ1n) is 6.00. The van der Waals surface area contributed by atoms with Crippen LogP contribution < -0.4 is 64.4 Å². The Kier molecular flexibility index (Phi) is 12.0. The zero-order chi connectivity index (χ0) is 18.8. The SMILES string of the molecule is O=S(=O)([O-])c1cc(S(=O)(=O)c2ccc(Cl)c(SOO[O-])c2)ccc1Cl.[Na+].[Na+]. The van der Waals surface area contributed by atoms with Crippen LogP contribution in [-0.4, -0.2) is 21.4 Å². The van der Waals surface area contributed by atoms with Crippen LogP contribution in [-0.2, 0) is 29.3 Å². The van der Waals surface area contributed by atoms with Gasteiger partial charge >= 0.3 is 59.1 Å². The van der Waals surface area contributed by atoms with Gasteiger partial charge in [-0.3, -0.25) is 5.04 Å². The Balaban J connectivity index is 0.00000338. The van der Waals surface area contributed by atoms with Gasteiger partial charge in [0.25, 0.3) is 0 Å². The average molecular weight is 491 g/mol. The molecule has 0 aromatic heterocycles. The molecule has 27 heavy (non-hydrogen) atoms. The molecule has 2 rings (SSSR count). The summed E-state index contributed by atoms with van der Waals surface area (Å²) in [6.45, 7) is 0. The Labute approximate surface area is 213 Å². The maximum Gasteiger partial charge on any atom is 1.00 e. The van der Waals surface area contributed by atoms with Crippen LogP contribution in [0.3, 0.4) is 0 Å². The molecule has 0 amide bonds. The van der Waals surface area contributed by atoms with Gasteiger partial charge in [0.2, 0.25) is 9.84 Å². The molecule has 0 atom stereocenters. The number of hydrogen-bond donors (Lipinski definition) is 0. The molecular weight excluding hydrogens is 485 g/mol. The monoisotopic (exact) mass is 490 g/mol. The minimum atomic E-state index is -4.97. The molecule has 0 bridgehead atoms. The van der Waals surface area contributed by atoms with E-state index >= 15 is 0 Å². The molecule has 2 aromatic carbocycles. The van der Waals surface area contributed by atoms with Crippen LogP contribution in [0.4, 0.5) is 0 Å². The third kappa shape index (κ3) is 7.09. The quantitative estimate of drug-likeness (QED) is 0.130. The Morgan fingerprint density at radius 1 is 0.889 bits per heavy atom. The van der Waals surface area contributed by atoms with E-state index in [0.29, 0.717) is 18.1 Å². The summed E-state index contributed by atoms with van der Waals surface area (Å²) < 4.78 is 62.9. The van der Waals surface area contributed by atoms with Gasteiger partial charge in [0, 0.05) is 0 Å². The molecule has 8 nitrogen and oxygen atoms in total. The molecule has 136 valence electrons. The molecular formula is C12H6Cl2Na2O8S3. The average Bonchev–Trinajstić information content (AvgIpc) is 2.53. The predicted molar refractivity (Wildman–Crippen MR) is 84.3 cm³/mol. The van der Waals surface area contributed by atoms with Gasteiger partial charge in [-0.2, -0.15) is 4.33 Å².